The quantitative estimate of drug-likeness (QED) is 0.646. The van der Waals surface area contributed by atoms with E-state index < -0.39 is 0 Å². The SMILES string of the molecule is Cn1nc(CC(=O)c2ccc(Cl)c(Br)c2)c2ccccc21. The lowest BCUT2D eigenvalue weighted by Gasteiger charge is -2.02. The van der Waals surface area contributed by atoms with Gasteiger partial charge in [-0.25, -0.2) is 0 Å². The van der Waals surface area contributed by atoms with Crippen molar-refractivity contribution in [3.63, 3.8) is 0 Å². The molecule has 21 heavy (non-hydrogen) atoms. The number of carbonyl (C=O) groups excluding carboxylic acids is 1. The standard InChI is InChI=1S/C16H12BrClN2O/c1-20-15-5-3-2-4-11(15)14(19-20)9-16(21)10-6-7-13(18)12(17)8-10/h2-8H,9H2,1H3. The molecule has 0 radical (unpaired) electrons. The Balaban J connectivity index is 1.94. The molecule has 5 heteroatoms. The van der Waals surface area contributed by atoms with Crippen LogP contribution in [-0.4, -0.2) is 15.6 Å². The molecule has 0 unspecified atom stereocenters. The largest absolute Gasteiger partial charge is 0.294 e. The second-order valence-corrected chi connectivity index (χ2v) is 6.08. The number of rotatable bonds is 3. The van der Waals surface area contributed by atoms with Crippen molar-refractivity contribution in [2.75, 3.05) is 0 Å². The molecule has 1 aromatic heterocycles. The van der Waals surface area contributed by atoms with Gasteiger partial charge in [0, 0.05) is 22.5 Å². The van der Waals surface area contributed by atoms with E-state index in [1.54, 1.807) is 22.9 Å². The van der Waals surface area contributed by atoms with Crippen molar-refractivity contribution in [3.05, 3.63) is 63.2 Å². The molecule has 0 spiro atoms. The fourth-order valence-electron chi connectivity index (χ4n) is 2.34. The first-order valence-electron chi connectivity index (χ1n) is 6.45. The van der Waals surface area contributed by atoms with Crippen LogP contribution in [0.25, 0.3) is 10.9 Å². The van der Waals surface area contributed by atoms with Crippen molar-refractivity contribution in [2.24, 2.45) is 7.05 Å². The number of aromatic nitrogens is 2. The van der Waals surface area contributed by atoms with Crippen LogP contribution in [0.5, 0.6) is 0 Å². The molecule has 0 aliphatic carbocycles. The number of ketones is 1. The predicted molar refractivity (Wildman–Crippen MR) is 87.9 cm³/mol. The molecule has 2 aromatic carbocycles. The van der Waals surface area contributed by atoms with Crippen LogP contribution >= 0.6 is 27.5 Å². The van der Waals surface area contributed by atoms with Crippen LogP contribution in [0.15, 0.2) is 46.9 Å². The third kappa shape index (κ3) is 2.74. The highest BCUT2D eigenvalue weighted by atomic mass is 79.9. The van der Waals surface area contributed by atoms with E-state index in [1.165, 1.54) is 0 Å². The van der Waals surface area contributed by atoms with Gasteiger partial charge in [-0.05, 0) is 40.2 Å². The summed E-state index contributed by atoms with van der Waals surface area (Å²) in [7, 11) is 1.88. The zero-order valence-corrected chi connectivity index (χ0v) is 13.6. The number of hydrogen-bond acceptors (Lipinski definition) is 2. The van der Waals surface area contributed by atoms with Crippen LogP contribution < -0.4 is 0 Å². The van der Waals surface area contributed by atoms with Gasteiger partial charge in [-0.15, -0.1) is 0 Å². The molecule has 3 nitrogen and oxygen atoms in total. The molecule has 0 fully saturated rings. The van der Waals surface area contributed by atoms with Crippen LogP contribution in [0.2, 0.25) is 5.02 Å². The Bertz CT molecular complexity index is 841. The summed E-state index contributed by atoms with van der Waals surface area (Å²) < 4.78 is 2.52. The summed E-state index contributed by atoms with van der Waals surface area (Å²) >= 11 is 9.29. The molecular formula is C16H12BrClN2O. The second kappa shape index (κ2) is 5.62. The zero-order chi connectivity index (χ0) is 15.0. The maximum absolute atomic E-state index is 12.4. The zero-order valence-electron chi connectivity index (χ0n) is 11.3. The van der Waals surface area contributed by atoms with Gasteiger partial charge in [0.05, 0.1) is 22.7 Å². The number of carbonyl (C=O) groups is 1. The average Bonchev–Trinajstić information content (AvgIpc) is 2.79. The number of Topliss-reactive ketones (excluding diaryl/α,β-unsaturated/α-hetero) is 1. The fraction of sp³-hybridized carbons (Fsp3) is 0.125. The third-order valence-corrected chi connectivity index (χ3v) is 4.62. The Morgan fingerprint density at radius 2 is 2.05 bits per heavy atom. The minimum atomic E-state index is 0.0243. The Labute approximate surface area is 135 Å². The smallest absolute Gasteiger partial charge is 0.168 e. The number of hydrogen-bond donors (Lipinski definition) is 0. The van der Waals surface area contributed by atoms with Crippen molar-refractivity contribution in [1.82, 2.24) is 9.78 Å². The fourth-order valence-corrected chi connectivity index (χ4v) is 2.84. The molecule has 0 bridgehead atoms. The van der Waals surface area contributed by atoms with Gasteiger partial charge < -0.3 is 0 Å². The molecule has 0 aliphatic rings. The Morgan fingerprint density at radius 1 is 1.29 bits per heavy atom. The Morgan fingerprint density at radius 3 is 2.81 bits per heavy atom. The van der Waals surface area contributed by atoms with Crippen LogP contribution in [0, 0.1) is 0 Å². The highest BCUT2D eigenvalue weighted by Crippen LogP contribution is 2.25. The minimum absolute atomic E-state index is 0.0243. The van der Waals surface area contributed by atoms with Crippen LogP contribution in [0.3, 0.4) is 0 Å². The monoisotopic (exact) mass is 362 g/mol. The van der Waals surface area contributed by atoms with Gasteiger partial charge >= 0.3 is 0 Å². The highest BCUT2D eigenvalue weighted by Gasteiger charge is 2.14. The van der Waals surface area contributed by atoms with Crippen LogP contribution in [-0.2, 0) is 13.5 Å². The summed E-state index contributed by atoms with van der Waals surface area (Å²) in [6.45, 7) is 0. The third-order valence-electron chi connectivity index (χ3n) is 3.40. The lowest BCUT2D eigenvalue weighted by molar-refractivity contribution is 0.0992. The first kappa shape index (κ1) is 14.3. The summed E-state index contributed by atoms with van der Waals surface area (Å²) in [5, 5.41) is 6.06. The van der Waals surface area contributed by atoms with Gasteiger partial charge in [-0.1, -0.05) is 29.8 Å². The summed E-state index contributed by atoms with van der Waals surface area (Å²) in [4.78, 5) is 12.4. The summed E-state index contributed by atoms with van der Waals surface area (Å²) in [6, 6.07) is 13.1. The van der Waals surface area contributed by atoms with Crippen molar-refractivity contribution in [3.8, 4) is 0 Å². The van der Waals surface area contributed by atoms with E-state index in [4.69, 9.17) is 11.6 Å². The normalized spacial score (nSPS) is 11.0. The van der Waals surface area contributed by atoms with Crippen molar-refractivity contribution >= 4 is 44.2 Å². The Kier molecular flexibility index (Phi) is 3.83. The molecule has 0 N–H and O–H groups in total. The topological polar surface area (TPSA) is 34.9 Å². The lowest BCUT2D eigenvalue weighted by Crippen LogP contribution is -2.05. The molecule has 106 valence electrons. The molecule has 1 heterocycles. The molecule has 3 rings (SSSR count). The van der Waals surface area contributed by atoms with Crippen molar-refractivity contribution < 1.29 is 4.79 Å². The predicted octanol–water partition coefficient (Wildman–Crippen LogP) is 4.41. The van der Waals surface area contributed by atoms with E-state index in [0.29, 0.717) is 10.6 Å². The van der Waals surface area contributed by atoms with Gasteiger partial charge in [0.15, 0.2) is 5.78 Å². The van der Waals surface area contributed by atoms with E-state index in [2.05, 4.69) is 21.0 Å². The van der Waals surface area contributed by atoms with E-state index in [0.717, 1.165) is 21.1 Å². The van der Waals surface area contributed by atoms with Crippen LogP contribution in [0.4, 0.5) is 0 Å². The van der Waals surface area contributed by atoms with Gasteiger partial charge in [0.1, 0.15) is 0 Å². The number of benzene rings is 2. The number of para-hydroxylation sites is 1. The molecule has 3 aromatic rings. The first-order valence-corrected chi connectivity index (χ1v) is 7.62. The second-order valence-electron chi connectivity index (χ2n) is 4.82. The summed E-state index contributed by atoms with van der Waals surface area (Å²) in [6.07, 6.45) is 0.273. The van der Waals surface area contributed by atoms with E-state index in [1.807, 2.05) is 31.3 Å². The molecule has 0 amide bonds. The highest BCUT2D eigenvalue weighted by molar-refractivity contribution is 9.10. The maximum atomic E-state index is 12.4. The van der Waals surface area contributed by atoms with Gasteiger partial charge in [0.25, 0.3) is 0 Å². The van der Waals surface area contributed by atoms with E-state index in [-0.39, 0.29) is 12.2 Å². The van der Waals surface area contributed by atoms with E-state index >= 15 is 0 Å². The van der Waals surface area contributed by atoms with Crippen molar-refractivity contribution in [1.29, 1.82) is 0 Å². The summed E-state index contributed by atoms with van der Waals surface area (Å²) in [5.41, 5.74) is 2.45. The average molecular weight is 364 g/mol. The van der Waals surface area contributed by atoms with Crippen LogP contribution in [0.1, 0.15) is 16.1 Å². The summed E-state index contributed by atoms with van der Waals surface area (Å²) in [5.74, 6) is 0.0243. The molecule has 0 saturated heterocycles. The first-order chi connectivity index (χ1) is 10.1. The molecule has 0 atom stereocenters. The number of aryl methyl sites for hydroxylation is 1. The number of halogens is 2. The number of fused-ring (bicyclic) bond motifs is 1. The molecule has 0 saturated carbocycles. The maximum Gasteiger partial charge on any atom is 0.168 e. The number of nitrogens with zero attached hydrogens (tertiary/aromatic N) is 2. The Hall–Kier alpha value is -1.65. The van der Waals surface area contributed by atoms with Gasteiger partial charge in [-0.2, -0.15) is 5.10 Å². The minimum Gasteiger partial charge on any atom is -0.294 e. The molecule has 0 aliphatic heterocycles. The molecular weight excluding hydrogens is 352 g/mol. The lowest BCUT2D eigenvalue weighted by atomic mass is 10.0. The van der Waals surface area contributed by atoms with Gasteiger partial charge in [-0.3, -0.25) is 9.48 Å². The van der Waals surface area contributed by atoms with E-state index in [9.17, 15) is 4.79 Å². The van der Waals surface area contributed by atoms with Crippen molar-refractivity contribution in [2.45, 2.75) is 6.42 Å². The van der Waals surface area contributed by atoms with Gasteiger partial charge in [0.2, 0.25) is 0 Å².